The number of rotatable bonds is 17. The van der Waals surface area contributed by atoms with E-state index in [0.717, 1.165) is 24.5 Å². The van der Waals surface area contributed by atoms with Gasteiger partial charge < -0.3 is 71.3 Å². The molecule has 0 bridgehead atoms. The van der Waals surface area contributed by atoms with Crippen molar-refractivity contribution >= 4 is 65.0 Å². The molecule has 7 unspecified atom stereocenters. The molecule has 0 aromatic rings. The standard InChI is InChI=1S/C64H115N11O14/c1-25-27-28-41(16)53(78)52-58(83)68-50(43(18)76)60(85)70(19)33-48(77)71(20)45(30-35(5)6)57(82)67-49(40(15)26-2)61(86)72(21)46(31-36(7)8)55(80)65-42(17)54(79)69-64(89,39(13)14)63(88)73(22)47(32-37(9)10)56(81)66-44(29-34(3)4)59(84)74(23)51(38(11)12)62(87)75(52)24/h25,27,34-47,49-53,76,78,89H,26,28-33H2,1-24H3,(H,65,80)(H,66,81)(H,67,82)(H,68,83)(H,69,79)/b27-25+/t40?,41-,42?,43?,44?,45-,46-,47+,49?,50?,51+,52?,53-,64+/m1/s1. The maximum atomic E-state index is 15.1. The van der Waals surface area contributed by atoms with E-state index in [2.05, 4.69) is 26.6 Å². The number of aliphatic hydroxyl groups is 3. The number of nitrogens with zero attached hydrogens (tertiary/aromatic N) is 6. The fourth-order valence-electron chi connectivity index (χ4n) is 10.9. The van der Waals surface area contributed by atoms with E-state index in [9.17, 15) is 63.3 Å². The van der Waals surface area contributed by atoms with E-state index >= 15 is 4.79 Å². The van der Waals surface area contributed by atoms with Crippen molar-refractivity contribution in [1.82, 2.24) is 56.0 Å². The van der Waals surface area contributed by atoms with Crippen LogP contribution in [0.4, 0.5) is 0 Å². The van der Waals surface area contributed by atoms with Crippen LogP contribution in [0.15, 0.2) is 12.2 Å². The van der Waals surface area contributed by atoms with Crippen LogP contribution in [0.5, 0.6) is 0 Å². The molecule has 0 aromatic carbocycles. The Morgan fingerprint density at radius 2 is 0.978 bits per heavy atom. The van der Waals surface area contributed by atoms with Gasteiger partial charge in [0.05, 0.1) is 18.8 Å². The molecule has 25 heteroatoms. The first-order valence-electron chi connectivity index (χ1n) is 31.8. The normalized spacial score (nSPS) is 27.7. The zero-order valence-corrected chi connectivity index (χ0v) is 58.1. The minimum absolute atomic E-state index is 0.00772. The Labute approximate surface area is 531 Å². The van der Waals surface area contributed by atoms with E-state index in [1.165, 1.54) is 74.9 Å². The Bertz CT molecular complexity index is 2450. The number of nitrogens with one attached hydrogen (secondary N) is 5. The summed E-state index contributed by atoms with van der Waals surface area (Å²) in [5, 5.41) is 48.9. The lowest BCUT2D eigenvalue weighted by atomic mass is 9.91. The van der Waals surface area contributed by atoms with Crippen LogP contribution in [0.1, 0.15) is 163 Å². The second kappa shape index (κ2) is 36.0. The van der Waals surface area contributed by atoms with Gasteiger partial charge in [-0.1, -0.05) is 122 Å². The number of amides is 11. The maximum absolute atomic E-state index is 15.1. The molecule has 0 saturated carbocycles. The molecule has 11 amide bonds. The molecule has 89 heavy (non-hydrogen) atoms. The van der Waals surface area contributed by atoms with E-state index in [1.54, 1.807) is 60.6 Å². The molecule has 510 valence electrons. The molecule has 0 spiro atoms. The van der Waals surface area contributed by atoms with Gasteiger partial charge in [0.1, 0.15) is 54.4 Å². The van der Waals surface area contributed by atoms with Crippen LogP contribution in [-0.4, -0.2) is 231 Å². The molecular formula is C64H115N11O14. The summed E-state index contributed by atoms with van der Waals surface area (Å²) >= 11 is 0. The molecule has 1 fully saturated rings. The summed E-state index contributed by atoms with van der Waals surface area (Å²) in [6.45, 7) is 29.7. The van der Waals surface area contributed by atoms with Gasteiger partial charge in [-0.25, -0.2) is 0 Å². The van der Waals surface area contributed by atoms with Crippen molar-refractivity contribution in [3.63, 3.8) is 0 Å². The molecule has 1 aliphatic heterocycles. The van der Waals surface area contributed by atoms with Crippen molar-refractivity contribution in [2.24, 2.45) is 47.3 Å². The second-order valence-electron chi connectivity index (χ2n) is 27.2. The van der Waals surface area contributed by atoms with E-state index in [-0.39, 0.29) is 55.8 Å². The summed E-state index contributed by atoms with van der Waals surface area (Å²) in [4.78, 5) is 168. The van der Waals surface area contributed by atoms with Crippen molar-refractivity contribution < 1.29 is 68.1 Å². The van der Waals surface area contributed by atoms with Gasteiger partial charge >= 0.3 is 0 Å². The SMILES string of the molecule is C/C=C/C[C@@H](C)[C@@H](O)C1C(=O)NC(C(C)O)C(=O)N(C)CC(=O)N(C)[C@H](CC(C)C)C(=O)NC(C(C)CC)C(=O)N(C)[C@H](CC(C)C)C(=O)NC(C)C(=O)N[C@](O)(C(C)C)C(=O)N(C)[C@@H](CC(C)C)C(=O)NC(CC(C)C)C(=O)N(C)[C@@H](C(C)C)C(=O)N1C. The van der Waals surface area contributed by atoms with Crippen LogP contribution >= 0.6 is 0 Å². The molecule has 0 aromatic heterocycles. The highest BCUT2D eigenvalue weighted by molar-refractivity contribution is 6.00. The molecule has 1 aliphatic rings. The summed E-state index contributed by atoms with van der Waals surface area (Å²) in [6.07, 6.45) is 1.12. The predicted octanol–water partition coefficient (Wildman–Crippen LogP) is 2.24. The summed E-state index contributed by atoms with van der Waals surface area (Å²) < 4.78 is 0. The van der Waals surface area contributed by atoms with Crippen molar-refractivity contribution in [1.29, 1.82) is 0 Å². The third kappa shape index (κ3) is 22.3. The van der Waals surface area contributed by atoms with Crippen LogP contribution in [0, 0.1) is 47.3 Å². The predicted molar refractivity (Wildman–Crippen MR) is 340 cm³/mol. The van der Waals surface area contributed by atoms with Gasteiger partial charge in [-0.2, -0.15) is 0 Å². The Morgan fingerprint density at radius 3 is 1.43 bits per heavy atom. The van der Waals surface area contributed by atoms with Crippen molar-refractivity contribution in [2.75, 3.05) is 48.8 Å². The fourth-order valence-corrected chi connectivity index (χ4v) is 10.9. The quantitative estimate of drug-likeness (QED) is 0.0970. The van der Waals surface area contributed by atoms with Crippen molar-refractivity contribution in [2.45, 2.75) is 235 Å². The second-order valence-corrected chi connectivity index (χ2v) is 27.2. The van der Waals surface area contributed by atoms with E-state index in [1.807, 2.05) is 48.5 Å². The first kappa shape index (κ1) is 80.8. The van der Waals surface area contributed by atoms with Gasteiger partial charge in [0, 0.05) is 48.2 Å². The third-order valence-corrected chi connectivity index (χ3v) is 16.9. The number of likely N-dealkylation sites (N-methyl/N-ethyl adjacent to an activating group) is 6. The van der Waals surface area contributed by atoms with Crippen LogP contribution in [0.2, 0.25) is 0 Å². The van der Waals surface area contributed by atoms with Crippen LogP contribution in [0.25, 0.3) is 0 Å². The first-order chi connectivity index (χ1) is 41.0. The highest BCUT2D eigenvalue weighted by Crippen LogP contribution is 2.26. The molecule has 8 N–H and O–H groups in total. The van der Waals surface area contributed by atoms with Crippen molar-refractivity contribution in [3.05, 3.63) is 12.2 Å². The Kier molecular flexibility index (Phi) is 32.7. The molecule has 1 heterocycles. The Morgan fingerprint density at radius 1 is 0.528 bits per heavy atom. The highest BCUT2D eigenvalue weighted by Gasteiger charge is 2.49. The Hall–Kier alpha value is -6.21. The lowest BCUT2D eigenvalue weighted by Gasteiger charge is -2.40. The largest absolute Gasteiger partial charge is 0.391 e. The van der Waals surface area contributed by atoms with Gasteiger partial charge in [0.2, 0.25) is 64.8 Å². The molecule has 1 rings (SSSR count). The van der Waals surface area contributed by atoms with Crippen molar-refractivity contribution in [3.8, 4) is 0 Å². The summed E-state index contributed by atoms with van der Waals surface area (Å²) in [5.74, 6) is -13.1. The zero-order chi connectivity index (χ0) is 69.2. The average Bonchev–Trinajstić information content (AvgIpc) is 1.20. The van der Waals surface area contributed by atoms with E-state index in [4.69, 9.17) is 0 Å². The first-order valence-corrected chi connectivity index (χ1v) is 31.8. The molecular weight excluding hydrogens is 1150 g/mol. The monoisotopic (exact) mass is 1260 g/mol. The van der Waals surface area contributed by atoms with Gasteiger partial charge in [0.15, 0.2) is 0 Å². The molecule has 0 radical (unpaired) electrons. The number of hydrogen-bond donors (Lipinski definition) is 8. The minimum Gasteiger partial charge on any atom is -0.391 e. The van der Waals surface area contributed by atoms with E-state index < -0.39 is 168 Å². The third-order valence-electron chi connectivity index (χ3n) is 16.9. The fraction of sp³-hybridized carbons (Fsp3) is 0.797. The van der Waals surface area contributed by atoms with Gasteiger partial charge in [-0.3, -0.25) is 52.7 Å². The molecule has 25 nitrogen and oxygen atoms in total. The zero-order valence-electron chi connectivity index (χ0n) is 58.1. The van der Waals surface area contributed by atoms with Crippen LogP contribution in [0.3, 0.4) is 0 Å². The van der Waals surface area contributed by atoms with Gasteiger partial charge in [0.25, 0.3) is 5.91 Å². The lowest BCUT2D eigenvalue weighted by molar-refractivity contribution is -0.168. The maximum Gasteiger partial charge on any atom is 0.276 e. The number of hydrogen-bond acceptors (Lipinski definition) is 14. The number of allylic oxidation sites excluding steroid dienone is 2. The summed E-state index contributed by atoms with van der Waals surface area (Å²) in [7, 11) is 7.93. The molecule has 0 aliphatic carbocycles. The number of carbonyl (C=O) groups is 11. The molecule has 1 saturated heterocycles. The summed E-state index contributed by atoms with van der Waals surface area (Å²) in [6, 6.07) is -12.7. The van der Waals surface area contributed by atoms with E-state index in [0.29, 0.717) is 6.42 Å². The molecule has 14 atom stereocenters. The van der Waals surface area contributed by atoms with Crippen LogP contribution < -0.4 is 26.6 Å². The average molecular weight is 1260 g/mol. The highest BCUT2D eigenvalue weighted by atomic mass is 16.3. The smallest absolute Gasteiger partial charge is 0.276 e. The minimum atomic E-state index is -2.68. The lowest BCUT2D eigenvalue weighted by Crippen LogP contribution is -2.67. The Balaban J connectivity index is 4.47. The van der Waals surface area contributed by atoms with Crippen LogP contribution in [-0.2, 0) is 52.7 Å². The van der Waals surface area contributed by atoms with Gasteiger partial charge in [-0.05, 0) is 94.3 Å². The summed E-state index contributed by atoms with van der Waals surface area (Å²) in [5.41, 5.74) is -2.68. The number of carbonyl (C=O) groups excluding carboxylic acids is 11. The number of aliphatic hydroxyl groups excluding tert-OH is 2. The topological polar surface area (TPSA) is 328 Å². The van der Waals surface area contributed by atoms with Gasteiger partial charge in [-0.15, -0.1) is 0 Å².